The van der Waals surface area contributed by atoms with Crippen LogP contribution < -0.4 is 0 Å². The van der Waals surface area contributed by atoms with Crippen molar-refractivity contribution in [2.24, 2.45) is 0 Å². The van der Waals surface area contributed by atoms with Crippen molar-refractivity contribution in [1.82, 2.24) is 4.90 Å². The van der Waals surface area contributed by atoms with Gasteiger partial charge in [0.1, 0.15) is 0 Å². The average Bonchev–Trinajstić information content (AvgIpc) is 2.04. The fraction of sp³-hybridized carbons (Fsp3) is 0.667. The zero-order valence-electron chi connectivity index (χ0n) is 7.05. The molecule has 0 aromatic rings. The molecule has 0 aromatic carbocycles. The summed E-state index contributed by atoms with van der Waals surface area (Å²) in [6.07, 6.45) is 5.33. The summed E-state index contributed by atoms with van der Waals surface area (Å²) in [5, 5.41) is 0. The third-order valence-electron chi connectivity index (χ3n) is 2.23. The predicted molar refractivity (Wildman–Crippen MR) is 45.2 cm³/mol. The smallest absolute Gasteiger partial charge is 0.219 e. The van der Waals surface area contributed by atoms with Gasteiger partial charge in [0.25, 0.3) is 0 Å². The average molecular weight is 153 g/mol. The first-order chi connectivity index (χ1) is 5.25. The molecule has 1 saturated heterocycles. The van der Waals surface area contributed by atoms with Gasteiger partial charge in [0.05, 0.1) is 0 Å². The zero-order valence-corrected chi connectivity index (χ0v) is 7.05. The molecule has 62 valence electrons. The van der Waals surface area contributed by atoms with Gasteiger partial charge >= 0.3 is 0 Å². The molecule has 2 heteroatoms. The van der Waals surface area contributed by atoms with Crippen LogP contribution >= 0.6 is 0 Å². The number of hydrogen-bond acceptors (Lipinski definition) is 1. The molecule has 0 aromatic heterocycles. The lowest BCUT2D eigenvalue weighted by atomic mass is 10.0. The van der Waals surface area contributed by atoms with Gasteiger partial charge < -0.3 is 4.90 Å². The molecule has 1 fully saturated rings. The minimum absolute atomic E-state index is 0.176. The van der Waals surface area contributed by atoms with Crippen molar-refractivity contribution in [2.45, 2.75) is 32.2 Å². The molecule has 0 bridgehead atoms. The summed E-state index contributed by atoms with van der Waals surface area (Å²) in [6, 6.07) is 0.293. The number of hydrogen-bond donors (Lipinski definition) is 0. The summed E-state index contributed by atoms with van der Waals surface area (Å²) in [7, 11) is 0. The lowest BCUT2D eigenvalue weighted by molar-refractivity contribution is -0.131. The summed E-state index contributed by atoms with van der Waals surface area (Å²) in [5.41, 5.74) is 0. The highest BCUT2D eigenvalue weighted by Gasteiger charge is 2.20. The first-order valence-electron chi connectivity index (χ1n) is 4.15. The molecule has 0 unspecified atom stereocenters. The Morgan fingerprint density at radius 3 is 2.82 bits per heavy atom. The molecule has 0 N–H and O–H groups in total. The van der Waals surface area contributed by atoms with Gasteiger partial charge in [-0.25, -0.2) is 0 Å². The topological polar surface area (TPSA) is 20.3 Å². The highest BCUT2D eigenvalue weighted by atomic mass is 16.2. The highest BCUT2D eigenvalue weighted by Crippen LogP contribution is 2.17. The normalized spacial score (nSPS) is 24.8. The van der Waals surface area contributed by atoms with Crippen LogP contribution in [0.25, 0.3) is 0 Å². The van der Waals surface area contributed by atoms with Crippen LogP contribution in [0.4, 0.5) is 0 Å². The van der Waals surface area contributed by atoms with Crippen molar-refractivity contribution >= 4 is 5.91 Å². The van der Waals surface area contributed by atoms with Gasteiger partial charge in [0.15, 0.2) is 0 Å². The molecule has 1 aliphatic heterocycles. The van der Waals surface area contributed by atoms with Gasteiger partial charge in [-0.3, -0.25) is 4.79 Å². The summed E-state index contributed by atoms with van der Waals surface area (Å²) in [5.74, 6) is 0.176. The molecule has 1 amide bonds. The standard InChI is InChI=1S/C9H15NO/c1-3-9-6-4-5-7-10(9)8(2)11/h3,9H,1,4-7H2,2H3/t9-/m1/s1. The van der Waals surface area contributed by atoms with Crippen LogP contribution in [0.1, 0.15) is 26.2 Å². The Labute approximate surface area is 67.9 Å². The molecular weight excluding hydrogens is 138 g/mol. The Morgan fingerprint density at radius 1 is 1.64 bits per heavy atom. The number of carbonyl (C=O) groups excluding carboxylic acids is 1. The van der Waals surface area contributed by atoms with Crippen molar-refractivity contribution in [3.8, 4) is 0 Å². The second-order valence-electron chi connectivity index (χ2n) is 3.01. The van der Waals surface area contributed by atoms with E-state index in [2.05, 4.69) is 6.58 Å². The van der Waals surface area contributed by atoms with Crippen molar-refractivity contribution in [1.29, 1.82) is 0 Å². The fourth-order valence-corrected chi connectivity index (χ4v) is 1.59. The molecule has 2 nitrogen and oxygen atoms in total. The van der Waals surface area contributed by atoms with Crippen LogP contribution in [-0.2, 0) is 4.79 Å². The van der Waals surface area contributed by atoms with Crippen molar-refractivity contribution in [3.63, 3.8) is 0 Å². The van der Waals surface area contributed by atoms with Crippen LogP contribution in [0.15, 0.2) is 12.7 Å². The van der Waals surface area contributed by atoms with E-state index in [1.165, 1.54) is 6.42 Å². The molecule has 1 aliphatic rings. The van der Waals surface area contributed by atoms with Crippen molar-refractivity contribution in [2.75, 3.05) is 6.54 Å². The second kappa shape index (κ2) is 3.56. The Kier molecular flexibility index (Phi) is 2.69. The molecule has 0 saturated carbocycles. The third kappa shape index (κ3) is 1.82. The number of likely N-dealkylation sites (tertiary alicyclic amines) is 1. The fourth-order valence-electron chi connectivity index (χ4n) is 1.59. The Morgan fingerprint density at radius 2 is 2.36 bits per heavy atom. The van der Waals surface area contributed by atoms with Crippen LogP contribution in [0.5, 0.6) is 0 Å². The van der Waals surface area contributed by atoms with E-state index in [1.54, 1.807) is 6.92 Å². The third-order valence-corrected chi connectivity index (χ3v) is 2.23. The van der Waals surface area contributed by atoms with E-state index >= 15 is 0 Å². The molecule has 0 radical (unpaired) electrons. The molecule has 1 heterocycles. The van der Waals surface area contributed by atoms with E-state index < -0.39 is 0 Å². The SMILES string of the molecule is C=C[C@@H]1CCCCN1C(C)=O. The van der Waals surface area contributed by atoms with Crippen LogP contribution in [0.2, 0.25) is 0 Å². The lowest BCUT2D eigenvalue weighted by Gasteiger charge is -2.32. The molecule has 11 heavy (non-hydrogen) atoms. The number of carbonyl (C=O) groups is 1. The van der Waals surface area contributed by atoms with Gasteiger partial charge in [0.2, 0.25) is 5.91 Å². The van der Waals surface area contributed by atoms with Crippen LogP contribution in [0, 0.1) is 0 Å². The summed E-state index contributed by atoms with van der Waals surface area (Å²) in [4.78, 5) is 12.9. The van der Waals surface area contributed by atoms with E-state index in [4.69, 9.17) is 0 Å². The summed E-state index contributed by atoms with van der Waals surface area (Å²) < 4.78 is 0. The highest BCUT2D eigenvalue weighted by molar-refractivity contribution is 5.73. The maximum Gasteiger partial charge on any atom is 0.219 e. The molecule has 1 atom stereocenters. The minimum atomic E-state index is 0.176. The molecule has 0 aliphatic carbocycles. The van der Waals surface area contributed by atoms with E-state index in [0.29, 0.717) is 6.04 Å². The van der Waals surface area contributed by atoms with Crippen molar-refractivity contribution in [3.05, 3.63) is 12.7 Å². The monoisotopic (exact) mass is 153 g/mol. The number of rotatable bonds is 1. The van der Waals surface area contributed by atoms with Gasteiger partial charge in [0, 0.05) is 19.5 Å². The van der Waals surface area contributed by atoms with E-state index in [-0.39, 0.29) is 5.91 Å². The maximum atomic E-state index is 11.0. The lowest BCUT2D eigenvalue weighted by Crippen LogP contribution is -2.41. The van der Waals surface area contributed by atoms with Crippen molar-refractivity contribution < 1.29 is 4.79 Å². The van der Waals surface area contributed by atoms with Gasteiger partial charge in [-0.05, 0) is 19.3 Å². The van der Waals surface area contributed by atoms with Crippen LogP contribution in [-0.4, -0.2) is 23.4 Å². The van der Waals surface area contributed by atoms with Crippen LogP contribution in [0.3, 0.4) is 0 Å². The number of nitrogens with zero attached hydrogens (tertiary/aromatic N) is 1. The maximum absolute atomic E-state index is 11.0. The van der Waals surface area contributed by atoms with E-state index in [0.717, 1.165) is 19.4 Å². The van der Waals surface area contributed by atoms with E-state index in [1.807, 2.05) is 11.0 Å². The Bertz CT molecular complexity index is 165. The summed E-state index contributed by atoms with van der Waals surface area (Å²) >= 11 is 0. The van der Waals surface area contributed by atoms with Gasteiger partial charge in [-0.2, -0.15) is 0 Å². The van der Waals surface area contributed by atoms with E-state index in [9.17, 15) is 4.79 Å². The Hall–Kier alpha value is -0.790. The minimum Gasteiger partial charge on any atom is -0.337 e. The first-order valence-corrected chi connectivity index (χ1v) is 4.15. The Balaban J connectivity index is 2.58. The van der Waals surface area contributed by atoms with Gasteiger partial charge in [-0.1, -0.05) is 6.08 Å². The second-order valence-corrected chi connectivity index (χ2v) is 3.01. The number of amides is 1. The molecule has 1 rings (SSSR count). The number of piperidine rings is 1. The predicted octanol–water partition coefficient (Wildman–Crippen LogP) is 1.57. The molecular formula is C9H15NO. The zero-order chi connectivity index (χ0) is 8.27. The van der Waals surface area contributed by atoms with Gasteiger partial charge in [-0.15, -0.1) is 6.58 Å². The summed E-state index contributed by atoms with van der Waals surface area (Å²) in [6.45, 7) is 6.26. The largest absolute Gasteiger partial charge is 0.337 e. The quantitative estimate of drug-likeness (QED) is 0.524. The molecule has 0 spiro atoms. The first kappa shape index (κ1) is 8.31.